The zero-order valence-corrected chi connectivity index (χ0v) is 20.5. The second kappa shape index (κ2) is 10.5. The van der Waals surface area contributed by atoms with Gasteiger partial charge < -0.3 is 25.6 Å². The van der Waals surface area contributed by atoms with Gasteiger partial charge in [0.05, 0.1) is 34.5 Å². The van der Waals surface area contributed by atoms with E-state index in [2.05, 4.69) is 27.2 Å². The fourth-order valence-electron chi connectivity index (χ4n) is 4.70. The summed E-state index contributed by atoms with van der Waals surface area (Å²) in [6.07, 6.45) is 3.43. The Kier molecular flexibility index (Phi) is 7.01. The van der Waals surface area contributed by atoms with Crippen molar-refractivity contribution in [3.63, 3.8) is 0 Å². The number of benzene rings is 2. The van der Waals surface area contributed by atoms with Crippen LogP contribution in [-0.4, -0.2) is 51.2 Å². The van der Waals surface area contributed by atoms with E-state index in [0.717, 1.165) is 60.8 Å². The standard InChI is InChI=1S/C27H30N4O3S/c28-25(32)20-9-10-23(30-11-5-2-6-12-30)22(17-20)29-26(33)24-18-21(19-7-3-1-4-8-19)27(35-24)31-13-15-34-16-14-31/h1,3-4,7-10,17-18H,2,5-6,11-16H2,(H2,28,32)(H,29,33). The molecule has 0 atom stereocenters. The molecular weight excluding hydrogens is 460 g/mol. The smallest absolute Gasteiger partial charge is 0.265 e. The maximum absolute atomic E-state index is 13.5. The number of piperidine rings is 1. The molecule has 2 saturated heterocycles. The lowest BCUT2D eigenvalue weighted by Gasteiger charge is -2.30. The highest BCUT2D eigenvalue weighted by Gasteiger charge is 2.23. The maximum Gasteiger partial charge on any atom is 0.265 e. The molecule has 1 aromatic heterocycles. The Bertz CT molecular complexity index is 1200. The number of hydrogen-bond donors (Lipinski definition) is 2. The zero-order valence-electron chi connectivity index (χ0n) is 19.7. The second-order valence-electron chi connectivity index (χ2n) is 8.89. The van der Waals surface area contributed by atoms with E-state index < -0.39 is 5.91 Å². The average molecular weight is 491 g/mol. The molecular formula is C27H30N4O3S. The first-order valence-corrected chi connectivity index (χ1v) is 12.9. The van der Waals surface area contributed by atoms with Gasteiger partial charge in [0.25, 0.3) is 5.91 Å². The van der Waals surface area contributed by atoms with E-state index in [1.807, 2.05) is 30.3 Å². The number of amides is 2. The third kappa shape index (κ3) is 5.18. The molecule has 3 aromatic rings. The predicted molar refractivity (Wildman–Crippen MR) is 142 cm³/mol. The van der Waals surface area contributed by atoms with Crippen LogP contribution in [0.3, 0.4) is 0 Å². The van der Waals surface area contributed by atoms with Gasteiger partial charge >= 0.3 is 0 Å². The topological polar surface area (TPSA) is 87.9 Å². The molecule has 0 unspecified atom stereocenters. The predicted octanol–water partition coefficient (Wildman–Crippen LogP) is 4.59. The Morgan fingerprint density at radius 1 is 0.886 bits per heavy atom. The van der Waals surface area contributed by atoms with E-state index in [1.54, 1.807) is 12.1 Å². The summed E-state index contributed by atoms with van der Waals surface area (Å²) in [6.45, 7) is 4.79. The van der Waals surface area contributed by atoms with Gasteiger partial charge in [0.2, 0.25) is 5.91 Å². The van der Waals surface area contributed by atoms with Crippen LogP contribution in [0, 0.1) is 0 Å². The van der Waals surface area contributed by atoms with Crippen LogP contribution in [0.4, 0.5) is 16.4 Å². The summed E-state index contributed by atoms with van der Waals surface area (Å²) < 4.78 is 5.54. The van der Waals surface area contributed by atoms with Crippen molar-refractivity contribution < 1.29 is 14.3 Å². The van der Waals surface area contributed by atoms with E-state index >= 15 is 0 Å². The Morgan fingerprint density at radius 3 is 2.34 bits per heavy atom. The summed E-state index contributed by atoms with van der Waals surface area (Å²) in [6, 6.07) is 17.4. The van der Waals surface area contributed by atoms with Gasteiger partial charge in [0.1, 0.15) is 0 Å². The Balaban J connectivity index is 1.48. The molecule has 8 heteroatoms. The first-order chi connectivity index (χ1) is 17.1. The van der Waals surface area contributed by atoms with Crippen molar-refractivity contribution in [3.8, 4) is 11.1 Å². The average Bonchev–Trinajstić information content (AvgIpc) is 3.36. The van der Waals surface area contributed by atoms with Crippen molar-refractivity contribution in [3.05, 3.63) is 65.0 Å². The van der Waals surface area contributed by atoms with Crippen LogP contribution in [0.2, 0.25) is 0 Å². The molecule has 182 valence electrons. The van der Waals surface area contributed by atoms with E-state index in [-0.39, 0.29) is 5.91 Å². The molecule has 0 radical (unpaired) electrons. The summed E-state index contributed by atoms with van der Waals surface area (Å²) in [7, 11) is 0. The molecule has 2 fully saturated rings. The van der Waals surface area contributed by atoms with Crippen molar-refractivity contribution in [2.75, 3.05) is 54.5 Å². The van der Waals surface area contributed by atoms with Gasteiger partial charge in [-0.05, 0) is 49.1 Å². The van der Waals surface area contributed by atoms with Crippen molar-refractivity contribution >= 4 is 39.5 Å². The number of morpholine rings is 1. The van der Waals surface area contributed by atoms with Gasteiger partial charge in [0.15, 0.2) is 0 Å². The minimum Gasteiger partial charge on any atom is -0.378 e. The highest BCUT2D eigenvalue weighted by Crippen LogP contribution is 2.40. The molecule has 2 aromatic carbocycles. The normalized spacial score (nSPS) is 16.2. The fraction of sp³-hybridized carbons (Fsp3) is 0.333. The van der Waals surface area contributed by atoms with E-state index in [1.165, 1.54) is 17.8 Å². The lowest BCUT2D eigenvalue weighted by atomic mass is 10.1. The first kappa shape index (κ1) is 23.4. The van der Waals surface area contributed by atoms with Crippen molar-refractivity contribution in [2.45, 2.75) is 19.3 Å². The zero-order chi connectivity index (χ0) is 24.2. The van der Waals surface area contributed by atoms with Crippen molar-refractivity contribution in [1.82, 2.24) is 0 Å². The number of carbonyl (C=O) groups excluding carboxylic acids is 2. The van der Waals surface area contributed by atoms with Crippen molar-refractivity contribution in [1.29, 1.82) is 0 Å². The second-order valence-corrected chi connectivity index (χ2v) is 9.92. The van der Waals surface area contributed by atoms with Gasteiger partial charge in [-0.15, -0.1) is 11.3 Å². The first-order valence-electron chi connectivity index (χ1n) is 12.1. The molecule has 2 aliphatic heterocycles. The van der Waals surface area contributed by atoms with Gasteiger partial charge in [-0.2, -0.15) is 0 Å². The van der Waals surface area contributed by atoms with Crippen LogP contribution in [-0.2, 0) is 4.74 Å². The molecule has 3 N–H and O–H groups in total. The minimum atomic E-state index is -0.511. The van der Waals surface area contributed by atoms with E-state index in [0.29, 0.717) is 29.3 Å². The number of anilines is 3. The third-order valence-corrected chi connectivity index (χ3v) is 7.74. The van der Waals surface area contributed by atoms with Crippen molar-refractivity contribution in [2.24, 2.45) is 5.73 Å². The van der Waals surface area contributed by atoms with Crippen LogP contribution in [0.5, 0.6) is 0 Å². The monoisotopic (exact) mass is 490 g/mol. The van der Waals surface area contributed by atoms with Gasteiger partial charge in [0, 0.05) is 37.3 Å². The number of nitrogens with zero attached hydrogens (tertiary/aromatic N) is 2. The number of primary amides is 1. The van der Waals surface area contributed by atoms with Crippen LogP contribution >= 0.6 is 11.3 Å². The van der Waals surface area contributed by atoms with Crippen LogP contribution in [0.25, 0.3) is 11.1 Å². The molecule has 0 bridgehead atoms. The third-order valence-electron chi connectivity index (χ3n) is 6.55. The van der Waals surface area contributed by atoms with Crippen LogP contribution in [0.15, 0.2) is 54.6 Å². The van der Waals surface area contributed by atoms with Crippen LogP contribution in [0.1, 0.15) is 39.3 Å². The van der Waals surface area contributed by atoms with Gasteiger partial charge in [-0.1, -0.05) is 30.3 Å². The molecule has 35 heavy (non-hydrogen) atoms. The Hall–Kier alpha value is -3.36. The van der Waals surface area contributed by atoms with Crippen LogP contribution < -0.4 is 20.9 Å². The number of carbonyl (C=O) groups is 2. The van der Waals surface area contributed by atoms with Gasteiger partial charge in [-0.25, -0.2) is 0 Å². The Labute approximate surface area is 209 Å². The summed E-state index contributed by atoms with van der Waals surface area (Å²) in [4.78, 5) is 30.6. The summed E-state index contributed by atoms with van der Waals surface area (Å²) in [5.41, 5.74) is 9.60. The summed E-state index contributed by atoms with van der Waals surface area (Å²) in [5, 5.41) is 4.17. The molecule has 0 saturated carbocycles. The number of nitrogens with one attached hydrogen (secondary N) is 1. The molecule has 7 nitrogen and oxygen atoms in total. The number of rotatable bonds is 6. The highest BCUT2D eigenvalue weighted by molar-refractivity contribution is 7.18. The summed E-state index contributed by atoms with van der Waals surface area (Å²) >= 11 is 1.49. The molecule has 0 aliphatic carbocycles. The lowest BCUT2D eigenvalue weighted by molar-refractivity contribution is 0.0996. The molecule has 2 amide bonds. The van der Waals surface area contributed by atoms with E-state index in [9.17, 15) is 9.59 Å². The molecule has 2 aliphatic rings. The van der Waals surface area contributed by atoms with Gasteiger partial charge in [-0.3, -0.25) is 9.59 Å². The lowest BCUT2D eigenvalue weighted by Crippen LogP contribution is -2.35. The Morgan fingerprint density at radius 2 is 1.63 bits per heavy atom. The number of thiophene rings is 1. The number of nitrogens with two attached hydrogens (primary N) is 1. The largest absolute Gasteiger partial charge is 0.378 e. The quantitative estimate of drug-likeness (QED) is 0.528. The van der Waals surface area contributed by atoms with E-state index in [4.69, 9.17) is 10.5 Å². The number of ether oxygens (including phenoxy) is 1. The molecule has 5 rings (SSSR count). The molecule has 0 spiro atoms. The summed E-state index contributed by atoms with van der Waals surface area (Å²) in [5.74, 6) is -0.700. The fourth-order valence-corrected chi connectivity index (χ4v) is 5.83. The molecule has 3 heterocycles. The SMILES string of the molecule is NC(=O)c1ccc(N2CCCCC2)c(NC(=O)c2cc(-c3ccccc3)c(N3CCOCC3)s2)c1. The highest BCUT2D eigenvalue weighted by atomic mass is 32.1. The number of hydrogen-bond acceptors (Lipinski definition) is 6. The minimum absolute atomic E-state index is 0.188. The maximum atomic E-state index is 13.5.